The Morgan fingerprint density at radius 3 is 2.81 bits per heavy atom. The van der Waals surface area contributed by atoms with Crippen LogP contribution in [0, 0.1) is 6.92 Å². The molecule has 0 unspecified atom stereocenters. The van der Waals surface area contributed by atoms with Gasteiger partial charge in [-0.05, 0) is 37.1 Å². The molecule has 8 heteroatoms. The van der Waals surface area contributed by atoms with E-state index < -0.39 is 15.4 Å². The number of carbonyl (C=O) groups is 1. The zero-order chi connectivity index (χ0) is 18.9. The number of fused-ring (bicyclic) bond motifs is 1. The zero-order valence-corrected chi connectivity index (χ0v) is 16.1. The summed E-state index contributed by atoms with van der Waals surface area (Å²) in [6.45, 7) is 6.86. The van der Waals surface area contributed by atoms with Crippen molar-refractivity contribution in [2.75, 3.05) is 11.9 Å². The lowest BCUT2D eigenvalue weighted by atomic mass is 9.78. The summed E-state index contributed by atoms with van der Waals surface area (Å²) in [6, 6.07) is 4.86. The molecular weight excluding hydrogens is 352 g/mol. The maximum atomic E-state index is 12.6. The summed E-state index contributed by atoms with van der Waals surface area (Å²) in [5.74, 6) is 0.859. The summed E-state index contributed by atoms with van der Waals surface area (Å²) in [7, 11) is -3.60. The van der Waals surface area contributed by atoms with Gasteiger partial charge >= 0.3 is 0 Å². The van der Waals surface area contributed by atoms with E-state index in [1.807, 2.05) is 31.5 Å². The summed E-state index contributed by atoms with van der Waals surface area (Å²) in [4.78, 5) is 16.1. The number of amides is 1. The molecule has 2 N–H and O–H groups in total. The molecule has 2 aromatic rings. The molecule has 0 aliphatic carbocycles. The van der Waals surface area contributed by atoms with Crippen molar-refractivity contribution in [1.82, 2.24) is 14.3 Å². The van der Waals surface area contributed by atoms with Crippen LogP contribution in [0.4, 0.5) is 5.69 Å². The Morgan fingerprint density at radius 2 is 2.12 bits per heavy atom. The fraction of sp³-hybridized carbons (Fsp3) is 0.444. The molecule has 26 heavy (non-hydrogen) atoms. The van der Waals surface area contributed by atoms with Crippen molar-refractivity contribution in [2.45, 2.75) is 50.5 Å². The van der Waals surface area contributed by atoms with E-state index in [4.69, 9.17) is 0 Å². The van der Waals surface area contributed by atoms with Gasteiger partial charge in [0.2, 0.25) is 15.9 Å². The van der Waals surface area contributed by atoms with E-state index in [1.165, 1.54) is 6.07 Å². The minimum absolute atomic E-state index is 0.0500. The Kier molecular flexibility index (Phi) is 4.90. The van der Waals surface area contributed by atoms with Crippen molar-refractivity contribution < 1.29 is 13.2 Å². The molecule has 140 valence electrons. The topological polar surface area (TPSA) is 93.1 Å². The first-order valence-corrected chi connectivity index (χ1v) is 10.1. The first-order valence-electron chi connectivity index (χ1n) is 8.61. The molecule has 0 atom stereocenters. The molecule has 1 aliphatic rings. The maximum absolute atomic E-state index is 12.6. The number of nitrogens with zero attached hydrogens (tertiary/aromatic N) is 2. The van der Waals surface area contributed by atoms with Gasteiger partial charge in [-0.15, -0.1) is 0 Å². The van der Waals surface area contributed by atoms with E-state index in [1.54, 1.807) is 18.3 Å². The third kappa shape index (κ3) is 3.81. The number of hydrogen-bond acceptors (Lipinski definition) is 4. The lowest BCUT2D eigenvalue weighted by molar-refractivity contribution is -0.117. The summed E-state index contributed by atoms with van der Waals surface area (Å²) in [6.07, 6.45) is 4.61. The van der Waals surface area contributed by atoms with Crippen LogP contribution in [0.5, 0.6) is 0 Å². The number of anilines is 1. The first-order chi connectivity index (χ1) is 12.2. The lowest BCUT2D eigenvalue weighted by Gasteiger charge is -2.32. The SMILES string of the molecule is Cc1nccn1CCCNS(=O)(=O)c1ccc2c(c1)C(C)(C)CC(=O)N2. The Balaban J connectivity index is 1.70. The van der Waals surface area contributed by atoms with Crippen LogP contribution in [0.3, 0.4) is 0 Å². The monoisotopic (exact) mass is 376 g/mol. The number of carbonyl (C=O) groups excluding carboxylic acids is 1. The number of rotatable bonds is 6. The lowest BCUT2D eigenvalue weighted by Crippen LogP contribution is -2.33. The quantitative estimate of drug-likeness (QED) is 0.756. The van der Waals surface area contributed by atoms with Crippen LogP contribution < -0.4 is 10.0 Å². The van der Waals surface area contributed by atoms with Crippen LogP contribution in [-0.2, 0) is 26.8 Å². The Labute approximate surface area is 153 Å². The van der Waals surface area contributed by atoms with Crippen LogP contribution in [0.25, 0.3) is 0 Å². The highest BCUT2D eigenvalue weighted by Gasteiger charge is 2.33. The first kappa shape index (κ1) is 18.6. The summed E-state index contributed by atoms with van der Waals surface area (Å²) < 4.78 is 29.8. The highest BCUT2D eigenvalue weighted by atomic mass is 32.2. The van der Waals surface area contributed by atoms with Crippen LogP contribution >= 0.6 is 0 Å². The summed E-state index contributed by atoms with van der Waals surface area (Å²) in [5, 5.41) is 2.80. The van der Waals surface area contributed by atoms with Gasteiger partial charge in [-0.25, -0.2) is 18.1 Å². The molecular formula is C18H24N4O3S. The van der Waals surface area contributed by atoms with E-state index >= 15 is 0 Å². The van der Waals surface area contributed by atoms with Gasteiger partial charge in [-0.3, -0.25) is 4.79 Å². The van der Waals surface area contributed by atoms with Gasteiger partial charge in [0.1, 0.15) is 5.82 Å². The van der Waals surface area contributed by atoms with E-state index in [-0.39, 0.29) is 10.8 Å². The van der Waals surface area contributed by atoms with Crippen LogP contribution in [0.1, 0.15) is 38.1 Å². The molecule has 0 saturated heterocycles. The molecule has 0 radical (unpaired) electrons. The standard InChI is InChI=1S/C18H24N4O3S/c1-13-19-8-10-22(13)9-4-7-20-26(24,25)14-5-6-16-15(11-14)18(2,3)12-17(23)21-16/h5-6,8,10-11,20H,4,7,9,12H2,1-3H3,(H,21,23). The molecule has 1 amide bonds. The zero-order valence-electron chi connectivity index (χ0n) is 15.2. The number of sulfonamides is 1. The molecule has 2 heterocycles. The number of aryl methyl sites for hydroxylation is 2. The van der Waals surface area contributed by atoms with Crippen molar-refractivity contribution in [2.24, 2.45) is 0 Å². The number of imidazole rings is 1. The molecule has 3 rings (SSSR count). The fourth-order valence-corrected chi connectivity index (χ4v) is 4.33. The Hall–Kier alpha value is -2.19. The summed E-state index contributed by atoms with van der Waals surface area (Å²) >= 11 is 0. The average Bonchev–Trinajstić information content (AvgIpc) is 2.95. The maximum Gasteiger partial charge on any atom is 0.240 e. The predicted molar refractivity (Wildman–Crippen MR) is 99.5 cm³/mol. The van der Waals surface area contributed by atoms with E-state index in [9.17, 15) is 13.2 Å². The second-order valence-corrected chi connectivity index (χ2v) is 9.00. The van der Waals surface area contributed by atoms with E-state index in [0.717, 1.165) is 11.4 Å². The van der Waals surface area contributed by atoms with E-state index in [0.29, 0.717) is 31.6 Å². The Bertz CT molecular complexity index is 932. The fourth-order valence-electron chi connectivity index (χ4n) is 3.23. The average molecular weight is 376 g/mol. The number of benzene rings is 1. The van der Waals surface area contributed by atoms with Crippen molar-refractivity contribution in [3.63, 3.8) is 0 Å². The van der Waals surface area contributed by atoms with Gasteiger partial charge in [0, 0.05) is 43.0 Å². The second-order valence-electron chi connectivity index (χ2n) is 7.24. The molecule has 0 fully saturated rings. The van der Waals surface area contributed by atoms with Crippen LogP contribution in [0.2, 0.25) is 0 Å². The van der Waals surface area contributed by atoms with Crippen molar-refractivity contribution in [1.29, 1.82) is 0 Å². The minimum atomic E-state index is -3.60. The second kappa shape index (κ2) is 6.85. The molecule has 1 aliphatic heterocycles. The van der Waals surface area contributed by atoms with Crippen molar-refractivity contribution in [3.8, 4) is 0 Å². The Morgan fingerprint density at radius 1 is 1.35 bits per heavy atom. The molecule has 7 nitrogen and oxygen atoms in total. The van der Waals surface area contributed by atoms with Crippen LogP contribution in [0.15, 0.2) is 35.5 Å². The van der Waals surface area contributed by atoms with E-state index in [2.05, 4.69) is 15.0 Å². The van der Waals surface area contributed by atoms with Gasteiger partial charge in [-0.1, -0.05) is 13.8 Å². The predicted octanol–water partition coefficient (Wildman–Crippen LogP) is 2.18. The third-order valence-corrected chi connectivity index (χ3v) is 6.16. The van der Waals surface area contributed by atoms with Gasteiger partial charge in [0.05, 0.1) is 4.90 Å². The van der Waals surface area contributed by atoms with Crippen LogP contribution in [-0.4, -0.2) is 30.4 Å². The molecule has 0 saturated carbocycles. The molecule has 0 spiro atoms. The van der Waals surface area contributed by atoms with Gasteiger partial charge in [-0.2, -0.15) is 0 Å². The number of hydrogen-bond donors (Lipinski definition) is 2. The molecule has 0 bridgehead atoms. The molecule has 1 aromatic carbocycles. The number of nitrogens with one attached hydrogen (secondary N) is 2. The highest BCUT2D eigenvalue weighted by Crippen LogP contribution is 2.38. The largest absolute Gasteiger partial charge is 0.335 e. The van der Waals surface area contributed by atoms with Gasteiger partial charge < -0.3 is 9.88 Å². The highest BCUT2D eigenvalue weighted by molar-refractivity contribution is 7.89. The summed E-state index contributed by atoms with van der Waals surface area (Å²) in [5.41, 5.74) is 1.12. The smallest absolute Gasteiger partial charge is 0.240 e. The van der Waals surface area contributed by atoms with Crippen molar-refractivity contribution >= 4 is 21.6 Å². The van der Waals surface area contributed by atoms with Gasteiger partial charge in [0.15, 0.2) is 0 Å². The normalized spacial score (nSPS) is 16.2. The minimum Gasteiger partial charge on any atom is -0.335 e. The van der Waals surface area contributed by atoms with Gasteiger partial charge in [0.25, 0.3) is 0 Å². The third-order valence-electron chi connectivity index (χ3n) is 4.70. The molecule has 1 aromatic heterocycles. The number of aromatic nitrogens is 2. The van der Waals surface area contributed by atoms with Crippen molar-refractivity contribution in [3.05, 3.63) is 42.0 Å².